The van der Waals surface area contributed by atoms with Crippen molar-refractivity contribution >= 4 is 17.3 Å². The van der Waals surface area contributed by atoms with Crippen LogP contribution < -0.4 is 0 Å². The molecule has 2 heterocycles. The fourth-order valence-corrected chi connectivity index (χ4v) is 2.64. The van der Waals surface area contributed by atoms with Gasteiger partial charge in [-0.3, -0.25) is 14.9 Å². The van der Waals surface area contributed by atoms with E-state index >= 15 is 0 Å². The van der Waals surface area contributed by atoms with E-state index in [1.54, 1.807) is 12.1 Å². The van der Waals surface area contributed by atoms with E-state index < -0.39 is 10.9 Å². The van der Waals surface area contributed by atoms with Gasteiger partial charge in [0.05, 0.1) is 22.7 Å². The molecule has 2 aromatic heterocycles. The summed E-state index contributed by atoms with van der Waals surface area (Å²) in [5.41, 5.74) is 3.91. The highest BCUT2D eigenvalue weighted by atomic mass is 16.6. The summed E-state index contributed by atoms with van der Waals surface area (Å²) in [5.74, 6) is -0.882. The zero-order chi connectivity index (χ0) is 17.3. The Balaban J connectivity index is 2.13. The molecular weight excluding hydrogens is 310 g/mol. The predicted molar refractivity (Wildman–Crippen MR) is 88.0 cm³/mol. The van der Waals surface area contributed by atoms with Crippen LogP contribution in [0.25, 0.3) is 16.9 Å². The van der Waals surface area contributed by atoms with Gasteiger partial charge in [0.25, 0.3) is 5.69 Å². The first kappa shape index (κ1) is 15.7. The van der Waals surface area contributed by atoms with Gasteiger partial charge in [0.2, 0.25) is 0 Å². The van der Waals surface area contributed by atoms with Gasteiger partial charge in [-0.25, -0.2) is 4.98 Å². The number of hydrogen-bond donors (Lipinski definition) is 1. The largest absolute Gasteiger partial charge is 0.481 e. The third-order valence-electron chi connectivity index (χ3n) is 3.79. The molecule has 0 bridgehead atoms. The standard InChI is InChI=1S/C17H15N3O4/c1-11-2-8-15-18-17(12-3-5-13(6-4-12)20(23)24)14(19(15)10-11)7-9-16(21)22/h2-6,8,10H,7,9H2,1H3,(H,21,22). The lowest BCUT2D eigenvalue weighted by atomic mass is 10.1. The number of imidazole rings is 1. The molecule has 122 valence electrons. The molecule has 0 aliphatic rings. The maximum atomic E-state index is 11.0. The number of pyridine rings is 1. The third-order valence-corrected chi connectivity index (χ3v) is 3.79. The van der Waals surface area contributed by atoms with Crippen molar-refractivity contribution in [3.05, 3.63) is 64.0 Å². The van der Waals surface area contributed by atoms with E-state index in [2.05, 4.69) is 4.98 Å². The van der Waals surface area contributed by atoms with Crippen molar-refractivity contribution in [2.45, 2.75) is 19.8 Å². The second kappa shape index (κ2) is 6.11. The van der Waals surface area contributed by atoms with Gasteiger partial charge in [-0.05, 0) is 30.7 Å². The topological polar surface area (TPSA) is 97.7 Å². The minimum absolute atomic E-state index is 0.00504. The normalized spacial score (nSPS) is 10.9. The minimum Gasteiger partial charge on any atom is -0.481 e. The molecule has 1 aromatic carbocycles. The fraction of sp³-hybridized carbons (Fsp3) is 0.176. The Morgan fingerprint density at radius 3 is 2.58 bits per heavy atom. The lowest BCUT2D eigenvalue weighted by molar-refractivity contribution is -0.384. The van der Waals surface area contributed by atoms with Crippen molar-refractivity contribution in [3.63, 3.8) is 0 Å². The monoisotopic (exact) mass is 325 g/mol. The number of fused-ring (bicyclic) bond motifs is 1. The Kier molecular flexibility index (Phi) is 3.99. The number of benzene rings is 1. The van der Waals surface area contributed by atoms with Gasteiger partial charge in [-0.1, -0.05) is 6.07 Å². The molecule has 0 radical (unpaired) electrons. The molecule has 24 heavy (non-hydrogen) atoms. The number of nitrogens with zero attached hydrogens (tertiary/aromatic N) is 3. The minimum atomic E-state index is -0.882. The molecule has 0 saturated heterocycles. The number of aromatic nitrogens is 2. The van der Waals surface area contributed by atoms with Crippen LogP contribution in [0.3, 0.4) is 0 Å². The summed E-state index contributed by atoms with van der Waals surface area (Å²) in [5, 5.41) is 19.8. The van der Waals surface area contributed by atoms with Crippen LogP contribution in [0.5, 0.6) is 0 Å². The first-order chi connectivity index (χ1) is 11.5. The van der Waals surface area contributed by atoms with Crippen LogP contribution in [0.2, 0.25) is 0 Å². The second-order valence-corrected chi connectivity index (χ2v) is 5.54. The first-order valence-electron chi connectivity index (χ1n) is 7.40. The van der Waals surface area contributed by atoms with Crippen molar-refractivity contribution in [1.82, 2.24) is 9.38 Å². The smallest absolute Gasteiger partial charge is 0.303 e. The number of carboxylic acid groups (broad SMARTS) is 1. The quantitative estimate of drug-likeness (QED) is 0.573. The van der Waals surface area contributed by atoms with Crippen LogP contribution in [0.4, 0.5) is 5.69 Å². The van der Waals surface area contributed by atoms with Crippen LogP contribution in [-0.4, -0.2) is 25.4 Å². The van der Waals surface area contributed by atoms with E-state index in [1.165, 1.54) is 12.1 Å². The molecule has 0 atom stereocenters. The highest BCUT2D eigenvalue weighted by molar-refractivity contribution is 5.70. The molecule has 1 N–H and O–H groups in total. The Labute approximate surface area is 137 Å². The molecule has 0 amide bonds. The molecule has 3 aromatic rings. The van der Waals surface area contributed by atoms with Gasteiger partial charge in [-0.2, -0.15) is 0 Å². The summed E-state index contributed by atoms with van der Waals surface area (Å²) < 4.78 is 1.88. The number of non-ortho nitro benzene ring substituents is 1. The molecule has 0 fully saturated rings. The van der Waals surface area contributed by atoms with Crippen LogP contribution in [0.15, 0.2) is 42.6 Å². The highest BCUT2D eigenvalue weighted by Gasteiger charge is 2.16. The Morgan fingerprint density at radius 1 is 1.25 bits per heavy atom. The third kappa shape index (κ3) is 2.96. The average Bonchev–Trinajstić information content (AvgIpc) is 2.90. The van der Waals surface area contributed by atoms with E-state index in [4.69, 9.17) is 5.11 Å². The summed E-state index contributed by atoms with van der Waals surface area (Å²) in [4.78, 5) is 25.9. The molecule has 0 saturated carbocycles. The van der Waals surface area contributed by atoms with Crippen LogP contribution in [0, 0.1) is 17.0 Å². The average molecular weight is 325 g/mol. The van der Waals surface area contributed by atoms with Crippen molar-refractivity contribution in [1.29, 1.82) is 0 Å². The number of nitro groups is 1. The zero-order valence-electron chi connectivity index (χ0n) is 13.0. The van der Waals surface area contributed by atoms with E-state index in [1.807, 2.05) is 29.7 Å². The number of carbonyl (C=O) groups is 1. The van der Waals surface area contributed by atoms with Gasteiger partial charge < -0.3 is 9.51 Å². The number of hydrogen-bond acceptors (Lipinski definition) is 4. The van der Waals surface area contributed by atoms with Crippen molar-refractivity contribution in [3.8, 4) is 11.3 Å². The number of nitro benzene ring substituents is 1. The van der Waals surface area contributed by atoms with Crippen LogP contribution in [0.1, 0.15) is 17.7 Å². The zero-order valence-corrected chi connectivity index (χ0v) is 13.0. The number of aryl methyl sites for hydroxylation is 2. The lowest BCUT2D eigenvalue weighted by Gasteiger charge is -2.05. The summed E-state index contributed by atoms with van der Waals surface area (Å²) in [7, 11) is 0. The first-order valence-corrected chi connectivity index (χ1v) is 7.40. The maximum absolute atomic E-state index is 11.0. The second-order valence-electron chi connectivity index (χ2n) is 5.54. The maximum Gasteiger partial charge on any atom is 0.303 e. The Morgan fingerprint density at radius 2 is 1.96 bits per heavy atom. The molecule has 0 aliphatic carbocycles. The lowest BCUT2D eigenvalue weighted by Crippen LogP contribution is -2.02. The summed E-state index contributed by atoms with van der Waals surface area (Å²) in [6.07, 6.45) is 2.22. The SMILES string of the molecule is Cc1ccc2nc(-c3ccc([N+](=O)[O-])cc3)c(CCC(=O)O)n2c1. The van der Waals surface area contributed by atoms with Gasteiger partial charge in [-0.15, -0.1) is 0 Å². The van der Waals surface area contributed by atoms with Crippen LogP contribution >= 0.6 is 0 Å². The van der Waals surface area contributed by atoms with Crippen molar-refractivity contribution < 1.29 is 14.8 Å². The van der Waals surface area contributed by atoms with Gasteiger partial charge in [0, 0.05) is 30.3 Å². The Bertz CT molecular complexity index is 929. The predicted octanol–water partition coefficient (Wildman–Crippen LogP) is 3.24. The molecule has 0 spiro atoms. The number of carboxylic acids is 1. The van der Waals surface area contributed by atoms with Gasteiger partial charge >= 0.3 is 5.97 Å². The molecule has 0 aliphatic heterocycles. The highest BCUT2D eigenvalue weighted by Crippen LogP contribution is 2.27. The number of rotatable bonds is 5. The van der Waals surface area contributed by atoms with Gasteiger partial charge in [0.15, 0.2) is 0 Å². The molecule has 7 nitrogen and oxygen atoms in total. The summed E-state index contributed by atoms with van der Waals surface area (Å²) in [6, 6.07) is 9.92. The van der Waals surface area contributed by atoms with Crippen molar-refractivity contribution in [2.24, 2.45) is 0 Å². The molecule has 7 heteroatoms. The Hall–Kier alpha value is -3.22. The summed E-state index contributed by atoms with van der Waals surface area (Å²) in [6.45, 7) is 1.95. The van der Waals surface area contributed by atoms with E-state index in [0.717, 1.165) is 16.8 Å². The fourth-order valence-electron chi connectivity index (χ4n) is 2.64. The number of aliphatic carboxylic acids is 1. The van der Waals surface area contributed by atoms with E-state index in [9.17, 15) is 14.9 Å². The summed E-state index contributed by atoms with van der Waals surface area (Å²) >= 11 is 0. The molecule has 0 unspecified atom stereocenters. The molecular formula is C17H15N3O4. The van der Waals surface area contributed by atoms with E-state index in [-0.39, 0.29) is 12.1 Å². The molecule has 3 rings (SSSR count). The van der Waals surface area contributed by atoms with Crippen LogP contribution in [-0.2, 0) is 11.2 Å². The van der Waals surface area contributed by atoms with Gasteiger partial charge in [0.1, 0.15) is 5.65 Å². The van der Waals surface area contributed by atoms with E-state index in [0.29, 0.717) is 17.8 Å². The van der Waals surface area contributed by atoms with Crippen molar-refractivity contribution in [2.75, 3.05) is 0 Å².